The molecule has 1 fully saturated rings. The van der Waals surface area contributed by atoms with Crippen molar-refractivity contribution in [1.82, 2.24) is 5.01 Å². The number of nitro benzene ring substituents is 1. The number of hydrazone groups is 1. The van der Waals surface area contributed by atoms with Gasteiger partial charge in [-0.15, -0.1) is 11.8 Å². The van der Waals surface area contributed by atoms with Crippen molar-refractivity contribution in [3.8, 4) is 0 Å². The maximum Gasteiger partial charge on any atom is 0.276 e. The SMILES string of the molecule is O=C1Nc2ccc(Cl)cc2/C1=N/N1C(=O)CSC1c1ccc([N+](=O)[O-])cc1. The number of fused-ring (bicyclic) bond motifs is 1. The second-order valence-corrected chi connectivity index (χ2v) is 7.35. The first-order valence-corrected chi connectivity index (χ1v) is 9.24. The van der Waals surface area contributed by atoms with E-state index in [0.29, 0.717) is 21.8 Å². The summed E-state index contributed by atoms with van der Waals surface area (Å²) in [5.74, 6) is -0.471. The molecule has 2 aromatic carbocycles. The van der Waals surface area contributed by atoms with Crippen LogP contribution in [-0.2, 0) is 9.59 Å². The minimum atomic E-state index is -0.488. The summed E-state index contributed by atoms with van der Waals surface area (Å²) in [5.41, 5.74) is 1.86. The van der Waals surface area contributed by atoms with Crippen LogP contribution in [0.15, 0.2) is 47.6 Å². The van der Waals surface area contributed by atoms with Crippen molar-refractivity contribution in [3.63, 3.8) is 0 Å². The lowest BCUT2D eigenvalue weighted by Gasteiger charge is -2.19. The lowest BCUT2D eigenvalue weighted by molar-refractivity contribution is -0.384. The molecule has 2 aliphatic heterocycles. The van der Waals surface area contributed by atoms with Gasteiger partial charge in [0.15, 0.2) is 5.71 Å². The quantitative estimate of drug-likeness (QED) is 0.627. The largest absolute Gasteiger partial charge is 0.320 e. The molecule has 8 nitrogen and oxygen atoms in total. The molecule has 2 aromatic rings. The summed E-state index contributed by atoms with van der Waals surface area (Å²) in [4.78, 5) is 35.0. The van der Waals surface area contributed by atoms with Crippen LogP contribution in [0, 0.1) is 10.1 Å². The van der Waals surface area contributed by atoms with Crippen molar-refractivity contribution in [1.29, 1.82) is 0 Å². The Kier molecular flexibility index (Phi) is 4.33. The zero-order valence-corrected chi connectivity index (χ0v) is 15.2. The number of halogens is 1. The average Bonchev–Trinajstić information content (AvgIpc) is 3.16. The molecule has 136 valence electrons. The van der Waals surface area contributed by atoms with Gasteiger partial charge in [-0.05, 0) is 35.9 Å². The number of nitro groups is 1. The van der Waals surface area contributed by atoms with Crippen LogP contribution in [0.4, 0.5) is 11.4 Å². The first kappa shape index (κ1) is 17.5. The molecule has 4 rings (SSSR count). The van der Waals surface area contributed by atoms with Crippen LogP contribution in [0.1, 0.15) is 16.5 Å². The third kappa shape index (κ3) is 3.15. The van der Waals surface area contributed by atoms with E-state index >= 15 is 0 Å². The third-order valence-corrected chi connectivity index (χ3v) is 5.58. The normalized spacial score (nSPS) is 20.1. The number of carbonyl (C=O) groups is 2. The van der Waals surface area contributed by atoms with Crippen LogP contribution in [-0.4, -0.2) is 33.2 Å². The van der Waals surface area contributed by atoms with Gasteiger partial charge >= 0.3 is 0 Å². The van der Waals surface area contributed by atoms with Gasteiger partial charge in [0.1, 0.15) is 5.37 Å². The van der Waals surface area contributed by atoms with E-state index in [-0.39, 0.29) is 23.1 Å². The van der Waals surface area contributed by atoms with E-state index in [1.165, 1.54) is 28.9 Å². The zero-order valence-electron chi connectivity index (χ0n) is 13.6. The molecule has 2 heterocycles. The van der Waals surface area contributed by atoms with Gasteiger partial charge in [0.2, 0.25) is 0 Å². The summed E-state index contributed by atoms with van der Waals surface area (Å²) in [5, 5.41) is 19.0. The number of hydrogen-bond acceptors (Lipinski definition) is 6. The molecule has 0 saturated carbocycles. The number of thioether (sulfide) groups is 1. The summed E-state index contributed by atoms with van der Waals surface area (Å²) in [7, 11) is 0. The standard InChI is InChI=1S/C17H11ClN4O4S/c18-10-3-6-13-12(7-10)15(16(24)19-13)20-21-14(23)8-27-17(21)9-1-4-11(5-2-9)22(25)26/h1-7,17H,8H2,(H,19,20,24). The van der Waals surface area contributed by atoms with Crippen LogP contribution in [0.25, 0.3) is 0 Å². The minimum Gasteiger partial charge on any atom is -0.320 e. The van der Waals surface area contributed by atoms with Crippen LogP contribution in [0.2, 0.25) is 5.02 Å². The van der Waals surface area contributed by atoms with Gasteiger partial charge < -0.3 is 5.32 Å². The molecule has 1 saturated heterocycles. The Labute approximate surface area is 162 Å². The Balaban J connectivity index is 1.70. The highest BCUT2D eigenvalue weighted by molar-refractivity contribution is 8.00. The molecular weight excluding hydrogens is 392 g/mol. The van der Waals surface area contributed by atoms with Gasteiger partial charge in [-0.25, -0.2) is 5.01 Å². The first-order chi connectivity index (χ1) is 12.9. The van der Waals surface area contributed by atoms with Gasteiger partial charge in [-0.2, -0.15) is 5.10 Å². The summed E-state index contributed by atoms with van der Waals surface area (Å²) >= 11 is 7.35. The van der Waals surface area contributed by atoms with E-state index < -0.39 is 16.2 Å². The average molecular weight is 403 g/mol. The number of nitrogens with zero attached hydrogens (tertiary/aromatic N) is 3. The van der Waals surface area contributed by atoms with E-state index in [9.17, 15) is 19.7 Å². The van der Waals surface area contributed by atoms with Gasteiger partial charge in [0.25, 0.3) is 17.5 Å². The van der Waals surface area contributed by atoms with E-state index in [2.05, 4.69) is 10.4 Å². The highest BCUT2D eigenvalue weighted by atomic mass is 35.5. The Morgan fingerprint density at radius 3 is 2.67 bits per heavy atom. The van der Waals surface area contributed by atoms with Crippen molar-refractivity contribution in [3.05, 3.63) is 68.7 Å². The molecule has 1 unspecified atom stereocenters. The van der Waals surface area contributed by atoms with Crippen molar-refractivity contribution < 1.29 is 14.5 Å². The van der Waals surface area contributed by atoms with Crippen molar-refractivity contribution in [2.24, 2.45) is 5.10 Å². The van der Waals surface area contributed by atoms with Crippen LogP contribution in [0.3, 0.4) is 0 Å². The molecular formula is C17H11ClN4O4S. The number of hydrogen-bond donors (Lipinski definition) is 1. The maximum atomic E-state index is 12.3. The fourth-order valence-corrected chi connectivity index (χ4v) is 4.12. The van der Waals surface area contributed by atoms with Crippen molar-refractivity contribution >= 4 is 52.3 Å². The molecule has 0 aliphatic carbocycles. The Morgan fingerprint density at radius 1 is 1.22 bits per heavy atom. The fraction of sp³-hybridized carbons (Fsp3) is 0.118. The third-order valence-electron chi connectivity index (χ3n) is 4.14. The highest BCUT2D eigenvalue weighted by Gasteiger charge is 2.36. The number of nitrogens with one attached hydrogen (secondary N) is 1. The Bertz CT molecular complexity index is 1010. The van der Waals surface area contributed by atoms with E-state index in [1.807, 2.05) is 0 Å². The number of benzene rings is 2. The molecule has 2 amide bonds. The minimum absolute atomic E-state index is 0.0373. The second kappa shape index (κ2) is 6.67. The predicted octanol–water partition coefficient (Wildman–Crippen LogP) is 3.18. The second-order valence-electron chi connectivity index (χ2n) is 5.84. The van der Waals surface area contributed by atoms with Gasteiger partial charge in [-0.3, -0.25) is 19.7 Å². The van der Waals surface area contributed by atoms with Gasteiger partial charge in [-0.1, -0.05) is 11.6 Å². The Hall–Kier alpha value is -2.91. The summed E-state index contributed by atoms with van der Waals surface area (Å²) < 4.78 is 0. The van der Waals surface area contributed by atoms with Crippen molar-refractivity contribution in [2.45, 2.75) is 5.37 Å². The maximum absolute atomic E-state index is 12.3. The molecule has 1 atom stereocenters. The van der Waals surface area contributed by atoms with E-state index in [4.69, 9.17) is 11.6 Å². The number of rotatable bonds is 3. The van der Waals surface area contributed by atoms with E-state index in [0.717, 1.165) is 0 Å². The molecule has 10 heteroatoms. The lowest BCUT2D eigenvalue weighted by atomic mass is 10.1. The molecule has 27 heavy (non-hydrogen) atoms. The molecule has 0 bridgehead atoms. The predicted molar refractivity (Wildman–Crippen MR) is 102 cm³/mol. The number of carbonyl (C=O) groups excluding carboxylic acids is 2. The monoisotopic (exact) mass is 402 g/mol. The van der Waals surface area contributed by atoms with Crippen LogP contribution >= 0.6 is 23.4 Å². The summed E-state index contributed by atoms with van der Waals surface area (Å²) in [6.45, 7) is 0. The fourth-order valence-electron chi connectivity index (χ4n) is 2.86. The summed E-state index contributed by atoms with van der Waals surface area (Å²) in [6.07, 6.45) is 0. The van der Waals surface area contributed by atoms with Gasteiger partial charge in [0.05, 0.1) is 16.4 Å². The molecule has 2 aliphatic rings. The Morgan fingerprint density at radius 2 is 1.96 bits per heavy atom. The number of amides is 2. The number of anilines is 1. The number of non-ortho nitro benzene ring substituents is 1. The van der Waals surface area contributed by atoms with Crippen LogP contribution in [0.5, 0.6) is 0 Å². The molecule has 1 N–H and O–H groups in total. The molecule has 0 radical (unpaired) electrons. The first-order valence-electron chi connectivity index (χ1n) is 7.82. The van der Waals surface area contributed by atoms with Gasteiger partial charge in [0, 0.05) is 22.7 Å². The van der Waals surface area contributed by atoms with E-state index in [1.54, 1.807) is 30.3 Å². The van der Waals surface area contributed by atoms with Crippen LogP contribution < -0.4 is 5.32 Å². The smallest absolute Gasteiger partial charge is 0.276 e. The lowest BCUT2D eigenvalue weighted by Crippen LogP contribution is -2.27. The topological polar surface area (TPSA) is 105 Å². The van der Waals surface area contributed by atoms with Crippen molar-refractivity contribution in [2.75, 3.05) is 11.1 Å². The molecule has 0 aromatic heterocycles. The molecule has 0 spiro atoms. The summed E-state index contributed by atoms with van der Waals surface area (Å²) in [6, 6.07) is 10.9. The highest BCUT2D eigenvalue weighted by Crippen LogP contribution is 2.40. The zero-order chi connectivity index (χ0) is 19.1.